The van der Waals surface area contributed by atoms with E-state index in [1.54, 1.807) is 43.3 Å². The zero-order chi connectivity index (χ0) is 23.6. The summed E-state index contributed by atoms with van der Waals surface area (Å²) in [5, 5.41) is 5.36. The summed E-state index contributed by atoms with van der Waals surface area (Å²) in [6, 6.07) is 9.33. The Morgan fingerprint density at radius 3 is 2.58 bits per heavy atom. The van der Waals surface area contributed by atoms with E-state index in [-0.39, 0.29) is 0 Å². The van der Waals surface area contributed by atoms with Gasteiger partial charge in [-0.25, -0.2) is 4.79 Å². The van der Waals surface area contributed by atoms with Gasteiger partial charge in [-0.3, -0.25) is 14.5 Å². The highest BCUT2D eigenvalue weighted by molar-refractivity contribution is 6.10. The van der Waals surface area contributed by atoms with Crippen LogP contribution in [0.25, 0.3) is 0 Å². The number of ether oxygens (including phenoxy) is 4. The van der Waals surface area contributed by atoms with Crippen LogP contribution in [0.2, 0.25) is 0 Å². The quantitative estimate of drug-likeness (QED) is 0.642. The summed E-state index contributed by atoms with van der Waals surface area (Å²) in [7, 11) is 2.98. The summed E-state index contributed by atoms with van der Waals surface area (Å²) in [6.07, 6.45) is 0.749. The molecule has 10 heteroatoms. The predicted octanol–water partition coefficient (Wildman–Crippen LogP) is 2.27. The number of urea groups is 1. The molecule has 2 heterocycles. The molecule has 0 saturated carbocycles. The Morgan fingerprint density at radius 2 is 1.85 bits per heavy atom. The van der Waals surface area contributed by atoms with Crippen LogP contribution in [0.4, 0.5) is 10.5 Å². The number of hydrogen-bond donors (Lipinski definition) is 2. The summed E-state index contributed by atoms with van der Waals surface area (Å²) in [5.74, 6) is 0.947. The number of carbonyl (C=O) groups is 3. The number of nitrogens with zero attached hydrogens (tertiary/aromatic N) is 1. The van der Waals surface area contributed by atoms with Gasteiger partial charge >= 0.3 is 6.03 Å². The largest absolute Gasteiger partial charge is 0.497 e. The SMILES string of the molecule is COc1ccc(NC(=O)CN2C(=O)NC(C)(c3ccc4c(c3)OCCCO4)C2=O)c(OC)c1. The van der Waals surface area contributed by atoms with Gasteiger partial charge in [-0.1, -0.05) is 6.07 Å². The number of fused-ring (bicyclic) bond motifs is 1. The van der Waals surface area contributed by atoms with Crippen molar-refractivity contribution in [3.63, 3.8) is 0 Å². The molecule has 2 N–H and O–H groups in total. The molecule has 2 aromatic carbocycles. The zero-order valence-electron chi connectivity index (χ0n) is 18.6. The molecule has 0 bridgehead atoms. The molecule has 1 unspecified atom stereocenters. The van der Waals surface area contributed by atoms with E-state index in [9.17, 15) is 14.4 Å². The maximum Gasteiger partial charge on any atom is 0.325 e. The lowest BCUT2D eigenvalue weighted by atomic mass is 9.91. The first-order valence-electron chi connectivity index (χ1n) is 10.4. The Labute approximate surface area is 190 Å². The number of hydrogen-bond acceptors (Lipinski definition) is 7. The summed E-state index contributed by atoms with van der Waals surface area (Å²) in [5.41, 5.74) is -0.425. The summed E-state index contributed by atoms with van der Waals surface area (Å²) < 4.78 is 21.7. The van der Waals surface area contributed by atoms with E-state index in [0.29, 0.717) is 47.5 Å². The summed E-state index contributed by atoms with van der Waals surface area (Å²) in [6.45, 7) is 2.17. The van der Waals surface area contributed by atoms with Crippen molar-refractivity contribution in [2.45, 2.75) is 18.9 Å². The van der Waals surface area contributed by atoms with Gasteiger partial charge in [-0.15, -0.1) is 0 Å². The molecule has 2 aliphatic heterocycles. The van der Waals surface area contributed by atoms with Gasteiger partial charge in [0.05, 0.1) is 33.1 Å². The number of benzene rings is 2. The molecule has 1 saturated heterocycles. The van der Waals surface area contributed by atoms with Crippen LogP contribution in [0, 0.1) is 0 Å². The third-order valence-corrected chi connectivity index (χ3v) is 5.58. The Morgan fingerprint density at radius 1 is 1.09 bits per heavy atom. The van der Waals surface area contributed by atoms with Crippen LogP contribution < -0.4 is 29.6 Å². The van der Waals surface area contributed by atoms with Crippen molar-refractivity contribution >= 4 is 23.5 Å². The lowest BCUT2D eigenvalue weighted by Crippen LogP contribution is -2.42. The number of rotatable bonds is 6. The third kappa shape index (κ3) is 4.23. The molecule has 0 spiro atoms. The molecule has 1 atom stereocenters. The highest BCUT2D eigenvalue weighted by Crippen LogP contribution is 2.36. The molecule has 33 heavy (non-hydrogen) atoms. The average molecular weight is 455 g/mol. The standard InChI is InChI=1S/C23H25N3O7/c1-23(14-5-8-17-19(11-14)33-10-4-9-32-17)21(28)26(22(29)25-23)13-20(27)24-16-7-6-15(30-2)12-18(16)31-3/h5-8,11-12H,4,9-10,13H2,1-3H3,(H,24,27)(H,25,29). The molecule has 0 aliphatic carbocycles. The second-order valence-electron chi connectivity index (χ2n) is 7.77. The second kappa shape index (κ2) is 8.89. The van der Waals surface area contributed by atoms with E-state index in [2.05, 4.69) is 10.6 Å². The van der Waals surface area contributed by atoms with Crippen LogP contribution in [-0.2, 0) is 15.1 Å². The molecule has 2 aliphatic rings. The van der Waals surface area contributed by atoms with E-state index >= 15 is 0 Å². The lowest BCUT2D eigenvalue weighted by molar-refractivity contribution is -0.133. The molecular weight excluding hydrogens is 430 g/mol. The lowest BCUT2D eigenvalue weighted by Gasteiger charge is -2.23. The van der Waals surface area contributed by atoms with E-state index in [1.165, 1.54) is 14.2 Å². The zero-order valence-corrected chi connectivity index (χ0v) is 18.6. The van der Waals surface area contributed by atoms with Crippen LogP contribution in [0.5, 0.6) is 23.0 Å². The Balaban J connectivity index is 1.50. The molecular formula is C23H25N3O7. The van der Waals surface area contributed by atoms with Gasteiger partial charge in [0.2, 0.25) is 5.91 Å². The number of anilines is 1. The van der Waals surface area contributed by atoms with Gasteiger partial charge in [-0.2, -0.15) is 0 Å². The first kappa shape index (κ1) is 22.3. The van der Waals surface area contributed by atoms with Crippen LogP contribution >= 0.6 is 0 Å². The van der Waals surface area contributed by atoms with Gasteiger partial charge < -0.3 is 29.6 Å². The summed E-state index contributed by atoms with van der Waals surface area (Å²) in [4.78, 5) is 39.4. The molecule has 0 aromatic heterocycles. The van der Waals surface area contributed by atoms with Crippen molar-refractivity contribution in [3.05, 3.63) is 42.0 Å². The minimum atomic E-state index is -1.35. The maximum atomic E-state index is 13.2. The number of carbonyl (C=O) groups excluding carboxylic acids is 3. The average Bonchev–Trinajstić information content (AvgIpc) is 2.97. The minimum absolute atomic E-state index is 0.386. The Bertz CT molecular complexity index is 1100. The van der Waals surface area contributed by atoms with E-state index < -0.39 is 29.9 Å². The van der Waals surface area contributed by atoms with Crippen molar-refractivity contribution < 1.29 is 33.3 Å². The third-order valence-electron chi connectivity index (χ3n) is 5.58. The molecule has 10 nitrogen and oxygen atoms in total. The highest BCUT2D eigenvalue weighted by Gasteiger charge is 2.49. The number of amides is 4. The van der Waals surface area contributed by atoms with Gasteiger partial charge in [0, 0.05) is 12.5 Å². The molecule has 174 valence electrons. The first-order valence-corrected chi connectivity index (χ1v) is 10.4. The van der Waals surface area contributed by atoms with Gasteiger partial charge in [0.1, 0.15) is 23.6 Å². The van der Waals surface area contributed by atoms with Gasteiger partial charge in [-0.05, 0) is 36.8 Å². The molecule has 0 radical (unpaired) electrons. The fraction of sp³-hybridized carbons (Fsp3) is 0.348. The van der Waals surface area contributed by atoms with Crippen LogP contribution in [0.15, 0.2) is 36.4 Å². The van der Waals surface area contributed by atoms with Crippen LogP contribution in [-0.4, -0.2) is 56.7 Å². The van der Waals surface area contributed by atoms with E-state index in [1.807, 2.05) is 0 Å². The van der Waals surface area contributed by atoms with E-state index in [4.69, 9.17) is 18.9 Å². The molecule has 4 amide bonds. The maximum absolute atomic E-state index is 13.2. The first-order chi connectivity index (χ1) is 15.9. The predicted molar refractivity (Wildman–Crippen MR) is 118 cm³/mol. The highest BCUT2D eigenvalue weighted by atomic mass is 16.5. The molecule has 1 fully saturated rings. The topological polar surface area (TPSA) is 115 Å². The fourth-order valence-corrected chi connectivity index (χ4v) is 3.75. The smallest absolute Gasteiger partial charge is 0.325 e. The van der Waals surface area contributed by atoms with Crippen molar-refractivity contribution in [1.29, 1.82) is 0 Å². The number of imide groups is 1. The van der Waals surface area contributed by atoms with Crippen LogP contribution in [0.3, 0.4) is 0 Å². The Kier molecular flexibility index (Phi) is 5.99. The monoisotopic (exact) mass is 455 g/mol. The fourth-order valence-electron chi connectivity index (χ4n) is 3.75. The summed E-state index contributed by atoms with van der Waals surface area (Å²) >= 11 is 0. The minimum Gasteiger partial charge on any atom is -0.497 e. The number of nitrogens with one attached hydrogen (secondary N) is 2. The van der Waals surface area contributed by atoms with Crippen LogP contribution in [0.1, 0.15) is 18.9 Å². The van der Waals surface area contributed by atoms with Crippen molar-refractivity contribution in [2.24, 2.45) is 0 Å². The van der Waals surface area contributed by atoms with Gasteiger partial charge in [0.15, 0.2) is 11.5 Å². The van der Waals surface area contributed by atoms with Crippen molar-refractivity contribution in [2.75, 3.05) is 39.3 Å². The molecule has 2 aromatic rings. The Hall–Kier alpha value is -3.95. The van der Waals surface area contributed by atoms with Crippen molar-refractivity contribution in [1.82, 2.24) is 10.2 Å². The molecule has 4 rings (SSSR count). The van der Waals surface area contributed by atoms with E-state index in [0.717, 1.165) is 11.3 Å². The van der Waals surface area contributed by atoms with Gasteiger partial charge in [0.25, 0.3) is 5.91 Å². The van der Waals surface area contributed by atoms with Crippen molar-refractivity contribution in [3.8, 4) is 23.0 Å². The normalized spacial score (nSPS) is 19.5. The second-order valence-corrected chi connectivity index (χ2v) is 7.77. The number of methoxy groups -OCH3 is 2.